The minimum atomic E-state index is -0.263. The Bertz CT molecular complexity index is 1450. The molecule has 4 heterocycles. The highest BCUT2D eigenvalue weighted by molar-refractivity contribution is 8.26. The molecular formula is C25H24N4O4S2. The summed E-state index contributed by atoms with van der Waals surface area (Å²) in [5.74, 6) is 1.86. The number of carbonyl (C=O) groups is 1. The van der Waals surface area contributed by atoms with Crippen molar-refractivity contribution in [1.82, 2.24) is 14.3 Å². The van der Waals surface area contributed by atoms with E-state index in [0.29, 0.717) is 50.8 Å². The molecule has 0 unspecified atom stereocenters. The third kappa shape index (κ3) is 4.63. The highest BCUT2D eigenvalue weighted by Gasteiger charge is 2.33. The fourth-order valence-electron chi connectivity index (χ4n) is 3.91. The molecule has 1 saturated heterocycles. The summed E-state index contributed by atoms with van der Waals surface area (Å²) in [5, 5.41) is 3.28. The summed E-state index contributed by atoms with van der Waals surface area (Å²) in [6, 6.07) is 9.37. The van der Waals surface area contributed by atoms with Crippen molar-refractivity contribution in [2.75, 3.05) is 18.7 Å². The minimum Gasteiger partial charge on any atom is -0.454 e. The number of carbonyl (C=O) groups excluding carboxylic acids is 1. The van der Waals surface area contributed by atoms with E-state index in [1.54, 1.807) is 23.2 Å². The molecule has 5 rings (SSSR count). The minimum absolute atomic E-state index is 0.191. The van der Waals surface area contributed by atoms with Crippen molar-refractivity contribution in [1.29, 1.82) is 0 Å². The van der Waals surface area contributed by atoms with Gasteiger partial charge in [-0.05, 0) is 48.2 Å². The van der Waals surface area contributed by atoms with Crippen LogP contribution < -0.4 is 20.3 Å². The predicted molar refractivity (Wildman–Crippen MR) is 141 cm³/mol. The Hall–Kier alpha value is -3.37. The number of aromatic nitrogens is 2. The molecule has 1 fully saturated rings. The summed E-state index contributed by atoms with van der Waals surface area (Å²) >= 11 is 6.64. The van der Waals surface area contributed by atoms with Crippen LogP contribution in [0.15, 0.2) is 46.2 Å². The number of hydrogen-bond donors (Lipinski definition) is 1. The normalized spacial score (nSPS) is 16.2. The zero-order valence-electron chi connectivity index (χ0n) is 19.5. The summed E-state index contributed by atoms with van der Waals surface area (Å²) in [6.07, 6.45) is 3.35. The van der Waals surface area contributed by atoms with Crippen LogP contribution in [-0.2, 0) is 11.3 Å². The number of hydrogen-bond acceptors (Lipinski definition) is 8. The lowest BCUT2D eigenvalue weighted by Gasteiger charge is -2.16. The molecule has 0 spiro atoms. The van der Waals surface area contributed by atoms with E-state index in [4.69, 9.17) is 26.7 Å². The lowest BCUT2D eigenvalue weighted by Crippen LogP contribution is -2.31. The number of pyridine rings is 1. The van der Waals surface area contributed by atoms with Gasteiger partial charge in [0.05, 0.1) is 10.5 Å². The zero-order valence-corrected chi connectivity index (χ0v) is 21.2. The van der Waals surface area contributed by atoms with E-state index in [1.165, 1.54) is 16.2 Å². The van der Waals surface area contributed by atoms with E-state index in [-0.39, 0.29) is 24.2 Å². The maximum absolute atomic E-state index is 13.5. The SMILES string of the molecule is Cc1ccc2nc(NCc3ccc4c(c3)OCO4)c(C=C3SC(=S)N(CC(C)C)C3=O)c(=O)n2c1. The number of aryl methyl sites for hydroxylation is 1. The molecule has 0 aliphatic carbocycles. The van der Waals surface area contributed by atoms with E-state index >= 15 is 0 Å². The number of thioether (sulfide) groups is 1. The van der Waals surface area contributed by atoms with Gasteiger partial charge in [-0.25, -0.2) is 4.98 Å². The van der Waals surface area contributed by atoms with Crippen molar-refractivity contribution in [2.24, 2.45) is 5.92 Å². The first-order chi connectivity index (χ1) is 16.8. The summed E-state index contributed by atoms with van der Waals surface area (Å²) in [7, 11) is 0. The lowest BCUT2D eigenvalue weighted by molar-refractivity contribution is -0.122. The Morgan fingerprint density at radius 3 is 2.80 bits per heavy atom. The van der Waals surface area contributed by atoms with E-state index in [2.05, 4.69) is 5.32 Å². The molecular weight excluding hydrogens is 484 g/mol. The molecule has 0 radical (unpaired) electrons. The van der Waals surface area contributed by atoms with Crippen LogP contribution in [0.5, 0.6) is 11.5 Å². The van der Waals surface area contributed by atoms with Crippen LogP contribution in [-0.4, -0.2) is 37.8 Å². The van der Waals surface area contributed by atoms with Crippen molar-refractivity contribution in [2.45, 2.75) is 27.3 Å². The maximum atomic E-state index is 13.5. The van der Waals surface area contributed by atoms with Crippen LogP contribution >= 0.6 is 24.0 Å². The van der Waals surface area contributed by atoms with Gasteiger partial charge < -0.3 is 14.8 Å². The number of ether oxygens (including phenoxy) is 2. The van der Waals surface area contributed by atoms with Crippen LogP contribution in [0.25, 0.3) is 11.7 Å². The molecule has 1 amide bonds. The van der Waals surface area contributed by atoms with Crippen molar-refractivity contribution in [3.05, 3.63) is 68.5 Å². The molecule has 1 N–H and O–H groups in total. The van der Waals surface area contributed by atoms with Gasteiger partial charge in [0, 0.05) is 19.3 Å². The summed E-state index contributed by atoms with van der Waals surface area (Å²) in [6.45, 7) is 7.11. The van der Waals surface area contributed by atoms with E-state index < -0.39 is 0 Å². The number of rotatable bonds is 6. The Morgan fingerprint density at radius 2 is 2.00 bits per heavy atom. The van der Waals surface area contributed by atoms with E-state index in [1.807, 2.05) is 45.0 Å². The number of nitrogens with zero attached hydrogens (tertiary/aromatic N) is 3. The second-order valence-corrected chi connectivity index (χ2v) is 10.5. The van der Waals surface area contributed by atoms with Gasteiger partial charge in [-0.15, -0.1) is 0 Å². The third-order valence-electron chi connectivity index (χ3n) is 5.60. The standard InChI is InChI=1S/C25H24N4O4S2/c1-14(2)11-29-24(31)20(35-25(29)34)9-17-22(27-21-7-4-15(3)12-28(21)23(17)30)26-10-16-5-6-18-19(8-16)33-13-32-18/h4-9,12,14,26H,10-11,13H2,1-3H3. The fourth-order valence-corrected chi connectivity index (χ4v) is 5.17. The summed E-state index contributed by atoms with van der Waals surface area (Å²) in [4.78, 5) is 33.3. The Labute approximate surface area is 211 Å². The Kier molecular flexibility index (Phi) is 6.24. The zero-order chi connectivity index (χ0) is 24.7. The van der Waals surface area contributed by atoms with Crippen LogP contribution in [0.4, 0.5) is 5.82 Å². The first-order valence-electron chi connectivity index (χ1n) is 11.2. The van der Waals surface area contributed by atoms with Crippen molar-refractivity contribution in [3.63, 3.8) is 0 Å². The highest BCUT2D eigenvalue weighted by atomic mass is 32.2. The predicted octanol–water partition coefficient (Wildman–Crippen LogP) is 4.20. The average molecular weight is 509 g/mol. The van der Waals surface area contributed by atoms with Crippen LogP contribution in [0, 0.1) is 12.8 Å². The number of fused-ring (bicyclic) bond motifs is 2. The van der Waals surface area contributed by atoms with E-state index in [9.17, 15) is 9.59 Å². The highest BCUT2D eigenvalue weighted by Crippen LogP contribution is 2.34. The number of anilines is 1. The topological polar surface area (TPSA) is 85.2 Å². The molecule has 10 heteroatoms. The van der Waals surface area contributed by atoms with Crippen LogP contribution in [0.1, 0.15) is 30.5 Å². The Morgan fingerprint density at radius 1 is 1.20 bits per heavy atom. The number of thiocarbonyl (C=S) groups is 1. The summed E-state index contributed by atoms with van der Waals surface area (Å²) < 4.78 is 12.8. The van der Waals surface area contributed by atoms with Gasteiger partial charge in [0.25, 0.3) is 11.5 Å². The monoisotopic (exact) mass is 508 g/mol. The molecule has 2 aliphatic rings. The Balaban J connectivity index is 1.54. The van der Waals surface area contributed by atoms with Crippen LogP contribution in [0.3, 0.4) is 0 Å². The molecule has 2 aliphatic heterocycles. The molecule has 3 aromatic rings. The molecule has 180 valence electrons. The van der Waals surface area contributed by atoms with Crippen molar-refractivity contribution >= 4 is 51.7 Å². The van der Waals surface area contributed by atoms with Gasteiger partial charge in [0.15, 0.2) is 11.5 Å². The summed E-state index contributed by atoms with van der Waals surface area (Å²) in [5.41, 5.74) is 2.42. The largest absolute Gasteiger partial charge is 0.454 e. The van der Waals surface area contributed by atoms with Gasteiger partial charge in [-0.2, -0.15) is 0 Å². The van der Waals surface area contributed by atoms with Crippen LogP contribution in [0.2, 0.25) is 0 Å². The molecule has 0 bridgehead atoms. The number of amides is 1. The third-order valence-corrected chi connectivity index (χ3v) is 6.98. The number of benzene rings is 1. The first kappa shape index (κ1) is 23.4. The quantitative estimate of drug-likeness (QED) is 0.392. The lowest BCUT2D eigenvalue weighted by atomic mass is 10.2. The van der Waals surface area contributed by atoms with Gasteiger partial charge in [0.2, 0.25) is 6.79 Å². The first-order valence-corrected chi connectivity index (χ1v) is 12.4. The van der Waals surface area contributed by atoms with E-state index in [0.717, 1.165) is 11.1 Å². The smallest absolute Gasteiger partial charge is 0.267 e. The van der Waals surface area contributed by atoms with Crippen molar-refractivity contribution in [3.8, 4) is 11.5 Å². The second-order valence-electron chi connectivity index (χ2n) is 8.84. The van der Waals surface area contributed by atoms with Gasteiger partial charge in [0.1, 0.15) is 15.8 Å². The van der Waals surface area contributed by atoms with Gasteiger partial charge in [-0.3, -0.25) is 18.9 Å². The molecule has 2 aromatic heterocycles. The van der Waals surface area contributed by atoms with Gasteiger partial charge in [-0.1, -0.05) is 50.0 Å². The molecule has 0 atom stereocenters. The van der Waals surface area contributed by atoms with Crippen molar-refractivity contribution < 1.29 is 14.3 Å². The molecule has 0 saturated carbocycles. The molecule has 35 heavy (non-hydrogen) atoms. The molecule has 1 aromatic carbocycles. The fraction of sp³-hybridized carbons (Fsp3) is 0.280. The maximum Gasteiger partial charge on any atom is 0.267 e. The average Bonchev–Trinajstić information content (AvgIpc) is 3.39. The second kappa shape index (κ2) is 9.35. The number of nitrogens with one attached hydrogen (secondary N) is 1. The molecule has 8 nitrogen and oxygen atoms in total. The van der Waals surface area contributed by atoms with Gasteiger partial charge >= 0.3 is 0 Å².